The first-order chi connectivity index (χ1) is 9.43. The summed E-state index contributed by atoms with van der Waals surface area (Å²) in [6.45, 7) is 3.40. The molecule has 1 unspecified atom stereocenters. The summed E-state index contributed by atoms with van der Waals surface area (Å²) in [6, 6.07) is 5.00. The van der Waals surface area contributed by atoms with Gasteiger partial charge in [0.25, 0.3) is 0 Å². The van der Waals surface area contributed by atoms with Crippen LogP contribution in [0.3, 0.4) is 0 Å². The number of sulfonamides is 1. The van der Waals surface area contributed by atoms with Gasteiger partial charge in [-0.05, 0) is 50.0 Å². The maximum absolute atomic E-state index is 11.3. The van der Waals surface area contributed by atoms with Crippen LogP contribution in [0.5, 0.6) is 0 Å². The highest BCUT2D eigenvalue weighted by Crippen LogP contribution is 2.31. The Kier molecular flexibility index (Phi) is 3.35. The van der Waals surface area contributed by atoms with Crippen molar-refractivity contribution in [2.75, 3.05) is 30.7 Å². The summed E-state index contributed by atoms with van der Waals surface area (Å²) < 4.78 is 22.6. The number of nitrogens with two attached hydrogens (primary N) is 2. The van der Waals surface area contributed by atoms with Crippen molar-refractivity contribution in [2.24, 2.45) is 11.1 Å². The van der Waals surface area contributed by atoms with Gasteiger partial charge in [-0.25, -0.2) is 13.6 Å². The van der Waals surface area contributed by atoms with Crippen molar-refractivity contribution in [1.82, 2.24) is 4.90 Å². The van der Waals surface area contributed by atoms with Crippen molar-refractivity contribution >= 4 is 21.4 Å². The minimum Gasteiger partial charge on any atom is -0.397 e. The Hall–Kier alpha value is -1.31. The summed E-state index contributed by atoms with van der Waals surface area (Å²) in [5.74, 6) is 0.678. The summed E-state index contributed by atoms with van der Waals surface area (Å²) in [6.07, 6.45) is 2.43. The van der Waals surface area contributed by atoms with Crippen LogP contribution in [-0.2, 0) is 10.0 Å². The molecule has 0 aliphatic carbocycles. The van der Waals surface area contributed by atoms with E-state index in [4.69, 9.17) is 10.9 Å². The van der Waals surface area contributed by atoms with Crippen molar-refractivity contribution in [3.8, 4) is 0 Å². The Morgan fingerprint density at radius 2 is 1.95 bits per heavy atom. The van der Waals surface area contributed by atoms with Crippen LogP contribution in [0.15, 0.2) is 23.1 Å². The molecule has 0 amide bonds. The van der Waals surface area contributed by atoms with E-state index in [9.17, 15) is 8.42 Å². The van der Waals surface area contributed by atoms with E-state index in [-0.39, 0.29) is 4.90 Å². The molecule has 3 saturated heterocycles. The van der Waals surface area contributed by atoms with E-state index in [2.05, 4.69) is 10.2 Å². The van der Waals surface area contributed by atoms with E-state index in [1.54, 1.807) is 6.07 Å². The molecule has 3 aliphatic rings. The fraction of sp³-hybridized carbons (Fsp3) is 0.538. The number of anilines is 2. The lowest BCUT2D eigenvalue weighted by Gasteiger charge is -2.45. The number of nitrogens with one attached hydrogen (secondary N) is 1. The maximum Gasteiger partial charge on any atom is 0.238 e. The molecule has 110 valence electrons. The van der Waals surface area contributed by atoms with Gasteiger partial charge in [0, 0.05) is 12.6 Å². The molecule has 4 rings (SSSR count). The van der Waals surface area contributed by atoms with Gasteiger partial charge in [-0.3, -0.25) is 0 Å². The fourth-order valence-electron chi connectivity index (χ4n) is 3.18. The summed E-state index contributed by atoms with van der Waals surface area (Å²) >= 11 is 0. The molecule has 0 spiro atoms. The standard InChI is InChI=1S/C13H20N4O2S/c14-11-7-10(20(15,18)19)1-2-12(11)16-13-8-17-5-3-9(13)4-6-17/h1-2,7,9,13,16H,3-6,8,14H2,(H2,15,18,19). The molecule has 0 radical (unpaired) electrons. The Balaban J connectivity index is 1.78. The number of benzene rings is 1. The third kappa shape index (κ3) is 2.61. The van der Waals surface area contributed by atoms with Crippen LogP contribution in [0, 0.1) is 5.92 Å². The molecule has 5 N–H and O–H groups in total. The monoisotopic (exact) mass is 296 g/mol. The normalized spacial score (nSPS) is 29.4. The predicted octanol–water partition coefficient (Wildman–Crippen LogP) is 0.422. The van der Waals surface area contributed by atoms with Crippen LogP contribution < -0.4 is 16.2 Å². The van der Waals surface area contributed by atoms with Gasteiger partial charge in [-0.2, -0.15) is 0 Å². The first kappa shape index (κ1) is 13.7. The van der Waals surface area contributed by atoms with Crippen molar-refractivity contribution in [3.05, 3.63) is 18.2 Å². The van der Waals surface area contributed by atoms with Gasteiger partial charge in [-0.15, -0.1) is 0 Å². The van der Waals surface area contributed by atoms with E-state index in [1.165, 1.54) is 38.1 Å². The smallest absolute Gasteiger partial charge is 0.238 e. The molecule has 3 fully saturated rings. The van der Waals surface area contributed by atoms with Crippen molar-refractivity contribution < 1.29 is 8.42 Å². The quantitative estimate of drug-likeness (QED) is 0.702. The zero-order chi connectivity index (χ0) is 14.3. The Labute approximate surface area is 119 Å². The van der Waals surface area contributed by atoms with Crippen molar-refractivity contribution in [2.45, 2.75) is 23.8 Å². The van der Waals surface area contributed by atoms with Crippen LogP contribution in [0.25, 0.3) is 0 Å². The first-order valence-corrected chi connectivity index (χ1v) is 8.39. The third-order valence-electron chi connectivity index (χ3n) is 4.35. The van der Waals surface area contributed by atoms with Gasteiger partial charge < -0.3 is 16.0 Å². The summed E-state index contributed by atoms with van der Waals surface area (Å²) in [7, 11) is -3.70. The topological polar surface area (TPSA) is 101 Å². The molecule has 1 aromatic carbocycles. The van der Waals surface area contributed by atoms with Crippen LogP contribution >= 0.6 is 0 Å². The summed E-state index contributed by atoms with van der Waals surface area (Å²) in [5.41, 5.74) is 7.15. The number of fused-ring (bicyclic) bond motifs is 3. The Bertz CT molecular complexity index is 609. The lowest BCUT2D eigenvalue weighted by Crippen LogP contribution is -2.53. The molecule has 2 bridgehead atoms. The first-order valence-electron chi connectivity index (χ1n) is 6.85. The number of nitrogens with zero attached hydrogens (tertiary/aromatic N) is 1. The predicted molar refractivity (Wildman–Crippen MR) is 78.8 cm³/mol. The molecule has 1 atom stereocenters. The van der Waals surface area contributed by atoms with E-state index < -0.39 is 10.0 Å². The van der Waals surface area contributed by atoms with Gasteiger partial charge in [0.05, 0.1) is 16.3 Å². The molecule has 20 heavy (non-hydrogen) atoms. The number of hydrogen-bond donors (Lipinski definition) is 3. The molecule has 3 heterocycles. The average Bonchev–Trinajstić information content (AvgIpc) is 2.41. The minimum atomic E-state index is -3.70. The van der Waals surface area contributed by atoms with Gasteiger partial charge in [-0.1, -0.05) is 0 Å². The van der Waals surface area contributed by atoms with Crippen molar-refractivity contribution in [1.29, 1.82) is 0 Å². The highest BCUT2D eigenvalue weighted by molar-refractivity contribution is 7.89. The summed E-state index contributed by atoms with van der Waals surface area (Å²) in [4.78, 5) is 2.50. The fourth-order valence-corrected chi connectivity index (χ4v) is 3.73. The zero-order valence-electron chi connectivity index (χ0n) is 11.2. The van der Waals surface area contributed by atoms with Gasteiger partial charge in [0.2, 0.25) is 10.0 Å². The summed E-state index contributed by atoms with van der Waals surface area (Å²) in [5, 5.41) is 8.56. The van der Waals surface area contributed by atoms with Gasteiger partial charge >= 0.3 is 0 Å². The number of rotatable bonds is 3. The molecule has 7 heteroatoms. The lowest BCUT2D eigenvalue weighted by molar-refractivity contribution is 0.0975. The lowest BCUT2D eigenvalue weighted by atomic mass is 9.84. The maximum atomic E-state index is 11.3. The third-order valence-corrected chi connectivity index (χ3v) is 5.26. The van der Waals surface area contributed by atoms with Gasteiger partial charge in [0.1, 0.15) is 0 Å². The SMILES string of the molecule is Nc1cc(S(N)(=O)=O)ccc1NC1CN2CCC1CC2. The second-order valence-corrected chi connectivity index (χ2v) is 7.24. The van der Waals surface area contributed by atoms with Crippen LogP contribution in [0.1, 0.15) is 12.8 Å². The Morgan fingerprint density at radius 3 is 2.45 bits per heavy atom. The number of nitrogen functional groups attached to an aromatic ring is 1. The van der Waals surface area contributed by atoms with Crippen LogP contribution in [-0.4, -0.2) is 39.0 Å². The molecule has 0 saturated carbocycles. The minimum absolute atomic E-state index is 0.0504. The van der Waals surface area contributed by atoms with E-state index >= 15 is 0 Å². The highest BCUT2D eigenvalue weighted by Gasteiger charge is 2.34. The largest absolute Gasteiger partial charge is 0.397 e. The highest BCUT2D eigenvalue weighted by atomic mass is 32.2. The van der Waals surface area contributed by atoms with Crippen molar-refractivity contribution in [3.63, 3.8) is 0 Å². The molecule has 6 nitrogen and oxygen atoms in total. The Morgan fingerprint density at radius 1 is 1.25 bits per heavy atom. The second kappa shape index (κ2) is 4.91. The molecule has 1 aromatic rings. The van der Waals surface area contributed by atoms with Crippen LogP contribution in [0.4, 0.5) is 11.4 Å². The second-order valence-electron chi connectivity index (χ2n) is 5.68. The number of primary sulfonamides is 1. The van der Waals surface area contributed by atoms with E-state index in [1.807, 2.05) is 0 Å². The van der Waals surface area contributed by atoms with E-state index in [0.717, 1.165) is 12.2 Å². The molecule has 0 aromatic heterocycles. The zero-order valence-corrected chi connectivity index (χ0v) is 12.1. The molecular formula is C13H20N4O2S. The van der Waals surface area contributed by atoms with Gasteiger partial charge in [0.15, 0.2) is 0 Å². The van der Waals surface area contributed by atoms with E-state index in [0.29, 0.717) is 17.6 Å². The average molecular weight is 296 g/mol. The molecular weight excluding hydrogens is 276 g/mol. The number of piperidine rings is 3. The molecule has 3 aliphatic heterocycles. The number of hydrogen-bond acceptors (Lipinski definition) is 5. The van der Waals surface area contributed by atoms with Crippen LogP contribution in [0.2, 0.25) is 0 Å².